The van der Waals surface area contributed by atoms with E-state index in [-0.39, 0.29) is 12.5 Å². The van der Waals surface area contributed by atoms with Gasteiger partial charge in [-0.1, -0.05) is 6.92 Å². The second kappa shape index (κ2) is 5.32. The summed E-state index contributed by atoms with van der Waals surface area (Å²) in [6.45, 7) is 6.42. The molecule has 1 rings (SSSR count). The van der Waals surface area contributed by atoms with Crippen molar-refractivity contribution < 1.29 is 14.6 Å². The summed E-state index contributed by atoms with van der Waals surface area (Å²) in [6, 6.07) is 0.499. The summed E-state index contributed by atoms with van der Waals surface area (Å²) in [4.78, 5) is 12.9. The van der Waals surface area contributed by atoms with Crippen molar-refractivity contribution in [2.24, 2.45) is 0 Å². The van der Waals surface area contributed by atoms with E-state index in [0.29, 0.717) is 6.04 Å². The van der Waals surface area contributed by atoms with Gasteiger partial charge in [-0.05, 0) is 13.3 Å². The van der Waals surface area contributed by atoms with E-state index in [1.807, 2.05) is 6.92 Å². The Kier molecular flexibility index (Phi) is 4.35. The molecular formula is C10H19NO3. The van der Waals surface area contributed by atoms with Crippen molar-refractivity contribution in [3.8, 4) is 0 Å². The molecule has 4 heteroatoms. The van der Waals surface area contributed by atoms with Crippen LogP contribution < -0.4 is 0 Å². The fraction of sp³-hybridized carbons (Fsp3) is 0.900. The molecule has 2 atom stereocenters. The number of hydrogen-bond donors (Lipinski definition) is 1. The minimum atomic E-state index is -0.712. The smallest absolute Gasteiger partial charge is 0.304 e. The predicted molar refractivity (Wildman–Crippen MR) is 53.3 cm³/mol. The number of nitrogens with zero attached hydrogens (tertiary/aromatic N) is 1. The van der Waals surface area contributed by atoms with Crippen LogP contribution in [0, 0.1) is 0 Å². The molecule has 0 saturated carbocycles. The van der Waals surface area contributed by atoms with Gasteiger partial charge in [-0.3, -0.25) is 9.69 Å². The van der Waals surface area contributed by atoms with Crippen molar-refractivity contribution in [1.82, 2.24) is 4.90 Å². The highest BCUT2D eigenvalue weighted by Gasteiger charge is 2.26. The zero-order chi connectivity index (χ0) is 10.6. The van der Waals surface area contributed by atoms with Crippen molar-refractivity contribution >= 4 is 5.97 Å². The van der Waals surface area contributed by atoms with Crippen LogP contribution in [0.5, 0.6) is 0 Å². The van der Waals surface area contributed by atoms with Crippen molar-refractivity contribution in [2.45, 2.75) is 38.8 Å². The Labute approximate surface area is 84.8 Å². The highest BCUT2D eigenvalue weighted by Crippen LogP contribution is 2.15. The molecule has 82 valence electrons. The van der Waals surface area contributed by atoms with Gasteiger partial charge in [-0.2, -0.15) is 0 Å². The number of aliphatic carboxylic acids is 1. The van der Waals surface area contributed by atoms with Crippen molar-refractivity contribution in [1.29, 1.82) is 0 Å². The number of hydrogen-bond acceptors (Lipinski definition) is 3. The average molecular weight is 201 g/mol. The maximum absolute atomic E-state index is 10.7. The summed E-state index contributed by atoms with van der Waals surface area (Å²) in [7, 11) is 0. The normalized spacial score (nSPS) is 26.0. The first-order valence-electron chi connectivity index (χ1n) is 5.20. The van der Waals surface area contributed by atoms with Gasteiger partial charge < -0.3 is 9.84 Å². The molecule has 1 aliphatic heterocycles. The summed E-state index contributed by atoms with van der Waals surface area (Å²) in [5, 5.41) is 8.77. The third-order valence-electron chi connectivity index (χ3n) is 2.77. The molecule has 1 heterocycles. The molecule has 0 aromatic carbocycles. The number of carboxylic acid groups (broad SMARTS) is 1. The topological polar surface area (TPSA) is 49.8 Å². The van der Waals surface area contributed by atoms with E-state index >= 15 is 0 Å². The summed E-state index contributed by atoms with van der Waals surface area (Å²) < 4.78 is 5.32. The SMILES string of the molecule is CCC(CC(=O)O)N1CCOCC1C. The second-order valence-corrected chi connectivity index (χ2v) is 3.82. The van der Waals surface area contributed by atoms with Crippen LogP contribution in [0.15, 0.2) is 0 Å². The van der Waals surface area contributed by atoms with E-state index < -0.39 is 5.97 Å². The van der Waals surface area contributed by atoms with Crippen LogP contribution in [0.2, 0.25) is 0 Å². The van der Waals surface area contributed by atoms with Gasteiger partial charge in [-0.15, -0.1) is 0 Å². The van der Waals surface area contributed by atoms with Crippen LogP contribution in [0.3, 0.4) is 0 Å². The molecule has 14 heavy (non-hydrogen) atoms. The Morgan fingerprint density at radius 1 is 1.71 bits per heavy atom. The van der Waals surface area contributed by atoms with E-state index in [0.717, 1.165) is 26.2 Å². The minimum Gasteiger partial charge on any atom is -0.481 e. The molecule has 2 unspecified atom stereocenters. The Balaban J connectivity index is 2.52. The predicted octanol–water partition coefficient (Wildman–Crippen LogP) is 0.960. The summed E-state index contributed by atoms with van der Waals surface area (Å²) in [6.07, 6.45) is 1.12. The highest BCUT2D eigenvalue weighted by molar-refractivity contribution is 5.67. The summed E-state index contributed by atoms with van der Waals surface area (Å²) >= 11 is 0. The van der Waals surface area contributed by atoms with Gasteiger partial charge in [0.25, 0.3) is 0 Å². The van der Waals surface area contributed by atoms with Gasteiger partial charge in [0.2, 0.25) is 0 Å². The van der Waals surface area contributed by atoms with Crippen LogP contribution >= 0.6 is 0 Å². The first-order valence-corrected chi connectivity index (χ1v) is 5.20. The van der Waals surface area contributed by atoms with Gasteiger partial charge in [-0.25, -0.2) is 0 Å². The lowest BCUT2D eigenvalue weighted by atomic mass is 10.1. The molecule has 1 fully saturated rings. The Morgan fingerprint density at radius 3 is 2.93 bits per heavy atom. The first-order chi connectivity index (χ1) is 6.65. The first kappa shape index (κ1) is 11.5. The van der Waals surface area contributed by atoms with Crippen LogP contribution in [0.1, 0.15) is 26.7 Å². The van der Waals surface area contributed by atoms with Gasteiger partial charge in [0, 0.05) is 18.6 Å². The average Bonchev–Trinajstić information content (AvgIpc) is 2.15. The third kappa shape index (κ3) is 2.96. The van der Waals surface area contributed by atoms with Crippen LogP contribution in [-0.2, 0) is 9.53 Å². The van der Waals surface area contributed by atoms with E-state index in [4.69, 9.17) is 9.84 Å². The molecule has 0 bridgehead atoms. The van der Waals surface area contributed by atoms with Gasteiger partial charge in [0.05, 0.1) is 19.6 Å². The lowest BCUT2D eigenvalue weighted by Gasteiger charge is -2.38. The fourth-order valence-electron chi connectivity index (χ4n) is 1.98. The number of ether oxygens (including phenoxy) is 1. The quantitative estimate of drug-likeness (QED) is 0.736. The molecule has 0 radical (unpaired) electrons. The number of morpholine rings is 1. The Bertz CT molecular complexity index is 196. The van der Waals surface area contributed by atoms with E-state index in [9.17, 15) is 4.79 Å². The summed E-state index contributed by atoms with van der Waals surface area (Å²) in [5.74, 6) is -0.712. The minimum absolute atomic E-state index is 0.159. The second-order valence-electron chi connectivity index (χ2n) is 3.82. The van der Waals surface area contributed by atoms with Crippen molar-refractivity contribution in [2.75, 3.05) is 19.8 Å². The van der Waals surface area contributed by atoms with Crippen molar-refractivity contribution in [3.63, 3.8) is 0 Å². The van der Waals surface area contributed by atoms with Gasteiger partial charge >= 0.3 is 5.97 Å². The zero-order valence-corrected chi connectivity index (χ0v) is 8.90. The molecule has 1 aliphatic rings. The standard InChI is InChI=1S/C10H19NO3/c1-3-9(6-10(12)13)11-4-5-14-7-8(11)2/h8-9H,3-7H2,1-2H3,(H,12,13). The van der Waals surface area contributed by atoms with E-state index in [1.165, 1.54) is 0 Å². The zero-order valence-electron chi connectivity index (χ0n) is 8.90. The molecule has 1 saturated heterocycles. The highest BCUT2D eigenvalue weighted by atomic mass is 16.5. The molecular weight excluding hydrogens is 182 g/mol. The molecule has 0 aliphatic carbocycles. The third-order valence-corrected chi connectivity index (χ3v) is 2.77. The fourth-order valence-corrected chi connectivity index (χ4v) is 1.98. The monoisotopic (exact) mass is 201 g/mol. The molecule has 0 aromatic heterocycles. The molecule has 0 spiro atoms. The van der Waals surface area contributed by atoms with Crippen LogP contribution in [0.4, 0.5) is 0 Å². The van der Waals surface area contributed by atoms with Gasteiger partial charge in [0.15, 0.2) is 0 Å². The van der Waals surface area contributed by atoms with Crippen LogP contribution in [0.25, 0.3) is 0 Å². The lowest BCUT2D eigenvalue weighted by Crippen LogP contribution is -2.49. The Morgan fingerprint density at radius 2 is 2.43 bits per heavy atom. The maximum atomic E-state index is 10.7. The van der Waals surface area contributed by atoms with E-state index in [1.54, 1.807) is 0 Å². The van der Waals surface area contributed by atoms with Crippen LogP contribution in [-0.4, -0.2) is 47.8 Å². The van der Waals surface area contributed by atoms with Crippen molar-refractivity contribution in [3.05, 3.63) is 0 Å². The largest absolute Gasteiger partial charge is 0.481 e. The van der Waals surface area contributed by atoms with E-state index in [2.05, 4.69) is 11.8 Å². The number of rotatable bonds is 4. The molecule has 0 aromatic rings. The Hall–Kier alpha value is -0.610. The summed E-state index contributed by atoms with van der Waals surface area (Å²) in [5.41, 5.74) is 0. The molecule has 1 N–H and O–H groups in total. The van der Waals surface area contributed by atoms with Gasteiger partial charge in [0.1, 0.15) is 0 Å². The molecule has 0 amide bonds. The lowest BCUT2D eigenvalue weighted by molar-refractivity contribution is -0.139. The molecule has 4 nitrogen and oxygen atoms in total. The maximum Gasteiger partial charge on any atom is 0.304 e. The number of carboxylic acids is 1. The number of carbonyl (C=O) groups is 1.